The lowest BCUT2D eigenvalue weighted by Crippen LogP contribution is -2.07. The summed E-state index contributed by atoms with van der Waals surface area (Å²) in [6.07, 6.45) is 6.06. The van der Waals surface area contributed by atoms with Crippen molar-refractivity contribution in [2.45, 2.75) is 20.0 Å². The number of fused-ring (bicyclic) bond motifs is 1. The standard InChI is InChI=1S/C19H18ClN7O/c1-10-13(6-22-7-14(10)20)12-4-5-15(16-17(12)23-8-24-18(16)21)28-11(2)19-25-9-27(3)26-19/h4-9,11H,1-3H3,(H2,21,23,24)/t11-/m1/s1. The maximum Gasteiger partial charge on any atom is 0.191 e. The van der Waals surface area contributed by atoms with Gasteiger partial charge in [-0.3, -0.25) is 9.67 Å². The summed E-state index contributed by atoms with van der Waals surface area (Å²) >= 11 is 6.26. The van der Waals surface area contributed by atoms with E-state index in [2.05, 4.69) is 25.0 Å². The molecule has 3 aromatic heterocycles. The molecule has 28 heavy (non-hydrogen) atoms. The number of hydrogen-bond acceptors (Lipinski definition) is 7. The molecule has 0 unspecified atom stereocenters. The van der Waals surface area contributed by atoms with Crippen LogP contribution in [0.4, 0.5) is 5.82 Å². The molecule has 0 amide bonds. The molecule has 0 radical (unpaired) electrons. The van der Waals surface area contributed by atoms with E-state index in [9.17, 15) is 0 Å². The van der Waals surface area contributed by atoms with Crippen molar-refractivity contribution in [2.24, 2.45) is 7.05 Å². The van der Waals surface area contributed by atoms with Crippen LogP contribution in [0.15, 0.2) is 37.2 Å². The number of anilines is 1. The first-order valence-electron chi connectivity index (χ1n) is 8.61. The molecule has 4 rings (SSSR count). The van der Waals surface area contributed by atoms with Gasteiger partial charge in [0.15, 0.2) is 11.9 Å². The van der Waals surface area contributed by atoms with Crippen LogP contribution in [0, 0.1) is 6.92 Å². The summed E-state index contributed by atoms with van der Waals surface area (Å²) in [6, 6.07) is 3.76. The number of rotatable bonds is 4. The van der Waals surface area contributed by atoms with Gasteiger partial charge in [-0.1, -0.05) is 11.6 Å². The third-order valence-corrected chi connectivity index (χ3v) is 4.89. The second kappa shape index (κ2) is 7.05. The first kappa shape index (κ1) is 18.1. The summed E-state index contributed by atoms with van der Waals surface area (Å²) in [5.41, 5.74) is 9.49. The first-order valence-corrected chi connectivity index (χ1v) is 8.99. The molecule has 0 saturated heterocycles. The van der Waals surface area contributed by atoms with E-state index in [0.29, 0.717) is 33.3 Å². The van der Waals surface area contributed by atoms with Gasteiger partial charge in [-0.25, -0.2) is 15.0 Å². The highest BCUT2D eigenvalue weighted by Crippen LogP contribution is 2.38. The quantitative estimate of drug-likeness (QED) is 0.563. The predicted molar refractivity (Wildman–Crippen MR) is 107 cm³/mol. The van der Waals surface area contributed by atoms with Gasteiger partial charge in [-0.05, 0) is 31.5 Å². The van der Waals surface area contributed by atoms with Gasteiger partial charge in [0, 0.05) is 30.6 Å². The van der Waals surface area contributed by atoms with Crippen molar-refractivity contribution in [1.29, 1.82) is 0 Å². The van der Waals surface area contributed by atoms with E-state index in [1.807, 2.05) is 26.0 Å². The van der Waals surface area contributed by atoms with E-state index in [4.69, 9.17) is 22.1 Å². The molecule has 0 fully saturated rings. The minimum atomic E-state index is -0.371. The number of benzene rings is 1. The van der Waals surface area contributed by atoms with Gasteiger partial charge in [-0.2, -0.15) is 5.10 Å². The third kappa shape index (κ3) is 3.11. The number of halogens is 1. The molecule has 3 heterocycles. The molecule has 2 N–H and O–H groups in total. The third-order valence-electron chi connectivity index (χ3n) is 4.51. The molecule has 0 saturated carbocycles. The minimum absolute atomic E-state index is 0.329. The predicted octanol–water partition coefficient (Wildman–Crippen LogP) is 3.50. The molecule has 0 aliphatic rings. The summed E-state index contributed by atoms with van der Waals surface area (Å²) < 4.78 is 7.74. The number of ether oxygens (including phenoxy) is 1. The fourth-order valence-corrected chi connectivity index (χ4v) is 3.20. The molecular weight excluding hydrogens is 378 g/mol. The van der Waals surface area contributed by atoms with Gasteiger partial charge < -0.3 is 10.5 Å². The normalized spacial score (nSPS) is 12.3. The Morgan fingerprint density at radius 2 is 1.96 bits per heavy atom. The van der Waals surface area contributed by atoms with Crippen LogP contribution in [0.1, 0.15) is 24.4 Å². The largest absolute Gasteiger partial charge is 0.482 e. The van der Waals surface area contributed by atoms with Crippen molar-refractivity contribution >= 4 is 28.3 Å². The number of aryl methyl sites for hydroxylation is 1. The number of nitrogen functional groups attached to an aromatic ring is 1. The van der Waals surface area contributed by atoms with Crippen molar-refractivity contribution in [3.05, 3.63) is 53.6 Å². The molecular formula is C19H18ClN7O. The highest BCUT2D eigenvalue weighted by molar-refractivity contribution is 6.31. The summed E-state index contributed by atoms with van der Waals surface area (Å²) in [5, 5.41) is 5.50. The zero-order valence-electron chi connectivity index (χ0n) is 15.6. The SMILES string of the molecule is Cc1c(Cl)cncc1-c1ccc(O[C@H](C)c2ncn(C)n2)c2c(N)ncnc12. The molecule has 0 aliphatic heterocycles. The van der Waals surface area contributed by atoms with Crippen LogP contribution in [0.3, 0.4) is 0 Å². The lowest BCUT2D eigenvalue weighted by molar-refractivity contribution is 0.219. The highest BCUT2D eigenvalue weighted by Gasteiger charge is 2.19. The van der Waals surface area contributed by atoms with Crippen molar-refractivity contribution in [2.75, 3.05) is 5.73 Å². The van der Waals surface area contributed by atoms with Crippen molar-refractivity contribution in [1.82, 2.24) is 29.7 Å². The second-order valence-electron chi connectivity index (χ2n) is 6.42. The highest BCUT2D eigenvalue weighted by atomic mass is 35.5. The number of aromatic nitrogens is 6. The topological polar surface area (TPSA) is 105 Å². The Bertz CT molecular complexity index is 1170. The van der Waals surface area contributed by atoms with Crippen LogP contribution in [-0.2, 0) is 7.05 Å². The molecule has 1 atom stereocenters. The Morgan fingerprint density at radius 1 is 1.14 bits per heavy atom. The Morgan fingerprint density at radius 3 is 2.71 bits per heavy atom. The monoisotopic (exact) mass is 395 g/mol. The van der Waals surface area contributed by atoms with Gasteiger partial charge in [-0.15, -0.1) is 0 Å². The van der Waals surface area contributed by atoms with E-state index >= 15 is 0 Å². The summed E-state index contributed by atoms with van der Waals surface area (Å²) in [4.78, 5) is 17.0. The van der Waals surface area contributed by atoms with Gasteiger partial charge in [0.25, 0.3) is 0 Å². The van der Waals surface area contributed by atoms with Crippen LogP contribution >= 0.6 is 11.6 Å². The lowest BCUT2D eigenvalue weighted by Gasteiger charge is -2.17. The Kier molecular flexibility index (Phi) is 4.56. The molecule has 4 aromatic rings. The Balaban J connectivity index is 1.85. The van der Waals surface area contributed by atoms with Crippen LogP contribution in [0.2, 0.25) is 5.02 Å². The second-order valence-corrected chi connectivity index (χ2v) is 6.83. The summed E-state index contributed by atoms with van der Waals surface area (Å²) in [7, 11) is 1.81. The molecule has 0 bridgehead atoms. The average Bonchev–Trinajstić information content (AvgIpc) is 3.11. The lowest BCUT2D eigenvalue weighted by atomic mass is 9.99. The van der Waals surface area contributed by atoms with Crippen LogP contribution < -0.4 is 10.5 Å². The van der Waals surface area contributed by atoms with Gasteiger partial charge >= 0.3 is 0 Å². The van der Waals surface area contributed by atoms with E-state index in [-0.39, 0.29) is 6.10 Å². The number of hydrogen-bond donors (Lipinski definition) is 1. The van der Waals surface area contributed by atoms with E-state index in [1.54, 1.807) is 30.5 Å². The molecule has 0 aliphatic carbocycles. The Hall–Kier alpha value is -3.26. The van der Waals surface area contributed by atoms with Gasteiger partial charge in [0.05, 0.1) is 15.9 Å². The number of nitrogens with zero attached hydrogens (tertiary/aromatic N) is 6. The van der Waals surface area contributed by atoms with Crippen LogP contribution in [0.5, 0.6) is 5.75 Å². The van der Waals surface area contributed by atoms with E-state index in [0.717, 1.165) is 16.7 Å². The molecule has 0 spiro atoms. The molecule has 8 nitrogen and oxygen atoms in total. The Labute approximate surface area is 166 Å². The van der Waals surface area contributed by atoms with Gasteiger partial charge in [0.2, 0.25) is 0 Å². The number of nitrogens with two attached hydrogens (primary N) is 1. The maximum absolute atomic E-state index is 6.26. The zero-order valence-corrected chi connectivity index (χ0v) is 16.3. The van der Waals surface area contributed by atoms with Crippen molar-refractivity contribution in [3.8, 4) is 16.9 Å². The van der Waals surface area contributed by atoms with Crippen molar-refractivity contribution < 1.29 is 4.74 Å². The first-order chi connectivity index (χ1) is 13.5. The fraction of sp³-hybridized carbons (Fsp3) is 0.211. The molecule has 1 aromatic carbocycles. The molecule has 142 valence electrons. The fourth-order valence-electron chi connectivity index (χ4n) is 3.04. The van der Waals surface area contributed by atoms with Crippen LogP contribution in [-0.4, -0.2) is 29.7 Å². The smallest absolute Gasteiger partial charge is 0.191 e. The maximum atomic E-state index is 6.26. The summed E-state index contributed by atoms with van der Waals surface area (Å²) in [6.45, 7) is 3.81. The molecule has 9 heteroatoms. The minimum Gasteiger partial charge on any atom is -0.482 e. The van der Waals surface area contributed by atoms with Crippen molar-refractivity contribution in [3.63, 3.8) is 0 Å². The average molecular weight is 396 g/mol. The van der Waals surface area contributed by atoms with E-state index < -0.39 is 0 Å². The van der Waals surface area contributed by atoms with Gasteiger partial charge in [0.1, 0.15) is 24.2 Å². The van der Waals surface area contributed by atoms with Crippen LogP contribution in [0.25, 0.3) is 22.0 Å². The summed E-state index contributed by atoms with van der Waals surface area (Å²) in [5.74, 6) is 1.46. The van der Waals surface area contributed by atoms with E-state index in [1.165, 1.54) is 6.33 Å². The number of pyridine rings is 1. The zero-order chi connectivity index (χ0) is 19.8.